The summed E-state index contributed by atoms with van der Waals surface area (Å²) in [6, 6.07) is 18.3. The second kappa shape index (κ2) is 6.72. The Morgan fingerprint density at radius 3 is 2.52 bits per heavy atom. The van der Waals surface area contributed by atoms with Crippen LogP contribution in [0.1, 0.15) is 17.5 Å². The molecule has 0 fully saturated rings. The Labute approximate surface area is 138 Å². The van der Waals surface area contributed by atoms with Crippen molar-refractivity contribution in [2.24, 2.45) is 0 Å². The van der Waals surface area contributed by atoms with Gasteiger partial charge in [0.25, 0.3) is 0 Å². The van der Waals surface area contributed by atoms with Crippen molar-refractivity contribution in [1.82, 2.24) is 4.31 Å². The van der Waals surface area contributed by atoms with E-state index in [0.29, 0.717) is 13.1 Å². The monoisotopic (exact) mass is 330 g/mol. The highest BCUT2D eigenvalue weighted by molar-refractivity contribution is 7.88. The lowest BCUT2D eigenvalue weighted by Crippen LogP contribution is -2.37. The largest absolute Gasteiger partial charge is 0.381 e. The molecule has 1 unspecified atom stereocenters. The second-order valence-corrected chi connectivity index (χ2v) is 8.06. The van der Waals surface area contributed by atoms with Crippen molar-refractivity contribution in [3.63, 3.8) is 0 Å². The summed E-state index contributed by atoms with van der Waals surface area (Å²) < 4.78 is 25.7. The van der Waals surface area contributed by atoms with Crippen LogP contribution in [-0.2, 0) is 23.0 Å². The molecule has 0 aliphatic carbocycles. The highest BCUT2D eigenvalue weighted by Gasteiger charge is 2.26. The summed E-state index contributed by atoms with van der Waals surface area (Å²) in [6.45, 7) is 0.935. The lowest BCUT2D eigenvalue weighted by molar-refractivity contribution is 0.391. The number of nitrogens with zero attached hydrogens (tertiary/aromatic N) is 1. The molecule has 0 saturated heterocycles. The van der Waals surface area contributed by atoms with Crippen LogP contribution in [0.4, 0.5) is 5.69 Å². The first-order valence-electron chi connectivity index (χ1n) is 7.86. The molecule has 1 aliphatic rings. The summed E-state index contributed by atoms with van der Waals surface area (Å²) in [4.78, 5) is 0. The van der Waals surface area contributed by atoms with Gasteiger partial charge in [-0.05, 0) is 30.0 Å². The van der Waals surface area contributed by atoms with Crippen molar-refractivity contribution in [3.8, 4) is 0 Å². The van der Waals surface area contributed by atoms with E-state index in [9.17, 15) is 8.42 Å². The number of hydrogen-bond acceptors (Lipinski definition) is 3. The van der Waals surface area contributed by atoms with Gasteiger partial charge >= 0.3 is 0 Å². The van der Waals surface area contributed by atoms with E-state index in [1.807, 2.05) is 42.5 Å². The van der Waals surface area contributed by atoms with Gasteiger partial charge in [0, 0.05) is 24.8 Å². The van der Waals surface area contributed by atoms with Crippen molar-refractivity contribution < 1.29 is 8.42 Å². The standard InChI is InChI=1S/C18H22N2O2S/c1-23(21,22)20-13-16-9-5-6-10-18(16)19-17(14-20)12-11-15-7-3-2-4-8-15/h2-10,17,19H,11-14H2,1H3. The Morgan fingerprint density at radius 1 is 1.09 bits per heavy atom. The van der Waals surface area contributed by atoms with Gasteiger partial charge in [0.1, 0.15) is 0 Å². The molecule has 5 heteroatoms. The molecule has 2 aromatic carbocycles. The maximum Gasteiger partial charge on any atom is 0.211 e. The second-order valence-electron chi connectivity index (χ2n) is 6.08. The lowest BCUT2D eigenvalue weighted by atomic mass is 10.0. The molecular formula is C18H22N2O2S. The van der Waals surface area contributed by atoms with E-state index in [1.165, 1.54) is 11.8 Å². The fraction of sp³-hybridized carbons (Fsp3) is 0.333. The van der Waals surface area contributed by atoms with E-state index in [0.717, 1.165) is 24.1 Å². The van der Waals surface area contributed by atoms with Gasteiger partial charge in [-0.2, -0.15) is 4.31 Å². The van der Waals surface area contributed by atoms with Crippen LogP contribution in [0.2, 0.25) is 0 Å². The zero-order valence-corrected chi connectivity index (χ0v) is 14.1. The zero-order valence-electron chi connectivity index (χ0n) is 13.3. The van der Waals surface area contributed by atoms with Crippen LogP contribution < -0.4 is 5.32 Å². The number of nitrogens with one attached hydrogen (secondary N) is 1. The molecule has 2 aromatic rings. The van der Waals surface area contributed by atoms with Crippen molar-refractivity contribution in [2.45, 2.75) is 25.4 Å². The van der Waals surface area contributed by atoms with Gasteiger partial charge in [-0.25, -0.2) is 8.42 Å². The summed E-state index contributed by atoms with van der Waals surface area (Å²) in [5.74, 6) is 0. The quantitative estimate of drug-likeness (QED) is 0.938. The highest BCUT2D eigenvalue weighted by Crippen LogP contribution is 2.25. The summed E-state index contributed by atoms with van der Waals surface area (Å²) in [6.07, 6.45) is 3.11. The Bertz CT molecular complexity index is 760. The van der Waals surface area contributed by atoms with E-state index in [4.69, 9.17) is 0 Å². The van der Waals surface area contributed by atoms with Crippen LogP contribution >= 0.6 is 0 Å². The van der Waals surface area contributed by atoms with Crippen LogP contribution in [0, 0.1) is 0 Å². The van der Waals surface area contributed by atoms with Crippen molar-refractivity contribution in [3.05, 3.63) is 65.7 Å². The minimum atomic E-state index is -3.21. The molecule has 0 radical (unpaired) electrons. The predicted molar refractivity (Wildman–Crippen MR) is 93.9 cm³/mol. The smallest absolute Gasteiger partial charge is 0.211 e. The first-order valence-corrected chi connectivity index (χ1v) is 9.71. The third-order valence-corrected chi connectivity index (χ3v) is 5.46. The third-order valence-electron chi connectivity index (χ3n) is 4.24. The third kappa shape index (κ3) is 4.12. The van der Waals surface area contributed by atoms with Crippen molar-refractivity contribution in [2.75, 3.05) is 18.1 Å². The van der Waals surface area contributed by atoms with Crippen LogP contribution in [0.25, 0.3) is 0 Å². The number of hydrogen-bond donors (Lipinski definition) is 1. The number of anilines is 1. The summed E-state index contributed by atoms with van der Waals surface area (Å²) in [5.41, 5.74) is 3.34. The minimum absolute atomic E-state index is 0.105. The van der Waals surface area contributed by atoms with Crippen LogP contribution in [-0.4, -0.2) is 31.6 Å². The molecule has 122 valence electrons. The SMILES string of the molecule is CS(=O)(=O)N1Cc2ccccc2NC(CCc2ccccc2)C1. The van der Waals surface area contributed by atoms with Gasteiger partial charge in [0.05, 0.1) is 6.26 Å². The number of rotatable bonds is 4. The zero-order chi connectivity index (χ0) is 16.3. The van der Waals surface area contributed by atoms with Gasteiger partial charge in [-0.3, -0.25) is 0 Å². The van der Waals surface area contributed by atoms with Gasteiger partial charge < -0.3 is 5.32 Å². The van der Waals surface area contributed by atoms with E-state index in [-0.39, 0.29) is 6.04 Å². The average Bonchev–Trinajstić information content (AvgIpc) is 2.73. The predicted octanol–water partition coefficient (Wildman–Crippen LogP) is 2.88. The van der Waals surface area contributed by atoms with Gasteiger partial charge in [0.15, 0.2) is 0 Å². The lowest BCUT2D eigenvalue weighted by Gasteiger charge is -2.23. The summed E-state index contributed by atoms with van der Waals surface area (Å²) >= 11 is 0. The Hall–Kier alpha value is -1.85. The molecule has 3 rings (SSSR count). The molecule has 0 amide bonds. The number of aryl methyl sites for hydroxylation is 1. The molecule has 4 nitrogen and oxygen atoms in total. The first kappa shape index (κ1) is 16.0. The number of fused-ring (bicyclic) bond motifs is 1. The van der Waals surface area contributed by atoms with E-state index < -0.39 is 10.0 Å². The van der Waals surface area contributed by atoms with Gasteiger partial charge in [0.2, 0.25) is 10.0 Å². The molecule has 0 spiro atoms. The molecule has 0 aromatic heterocycles. The van der Waals surface area contributed by atoms with Crippen LogP contribution in [0.3, 0.4) is 0 Å². The topological polar surface area (TPSA) is 49.4 Å². The van der Waals surface area contributed by atoms with Gasteiger partial charge in [-0.1, -0.05) is 48.5 Å². The van der Waals surface area contributed by atoms with Crippen molar-refractivity contribution in [1.29, 1.82) is 0 Å². The molecular weight excluding hydrogens is 308 g/mol. The minimum Gasteiger partial charge on any atom is -0.381 e. The first-order chi connectivity index (χ1) is 11.0. The number of benzene rings is 2. The Morgan fingerprint density at radius 2 is 1.78 bits per heavy atom. The van der Waals surface area contributed by atoms with E-state index >= 15 is 0 Å². The fourth-order valence-electron chi connectivity index (χ4n) is 2.97. The van der Waals surface area contributed by atoms with Crippen LogP contribution in [0.5, 0.6) is 0 Å². The normalized spacial score (nSPS) is 18.7. The van der Waals surface area contributed by atoms with Gasteiger partial charge in [-0.15, -0.1) is 0 Å². The number of para-hydroxylation sites is 1. The Balaban J connectivity index is 1.79. The summed E-state index contributed by atoms with van der Waals surface area (Å²) in [5, 5.41) is 3.53. The molecule has 0 saturated carbocycles. The molecule has 1 atom stereocenters. The molecule has 1 aliphatic heterocycles. The number of sulfonamides is 1. The highest BCUT2D eigenvalue weighted by atomic mass is 32.2. The molecule has 1 N–H and O–H groups in total. The summed E-state index contributed by atoms with van der Waals surface area (Å²) in [7, 11) is -3.21. The van der Waals surface area contributed by atoms with Crippen molar-refractivity contribution >= 4 is 15.7 Å². The Kier molecular flexibility index (Phi) is 4.68. The molecule has 23 heavy (non-hydrogen) atoms. The van der Waals surface area contributed by atoms with E-state index in [2.05, 4.69) is 17.4 Å². The fourth-order valence-corrected chi connectivity index (χ4v) is 3.79. The molecule has 1 heterocycles. The molecule has 0 bridgehead atoms. The maximum atomic E-state index is 12.1. The van der Waals surface area contributed by atoms with Crippen LogP contribution in [0.15, 0.2) is 54.6 Å². The average molecular weight is 330 g/mol. The maximum absolute atomic E-state index is 12.1. The van der Waals surface area contributed by atoms with E-state index in [1.54, 1.807) is 4.31 Å².